The van der Waals surface area contributed by atoms with E-state index in [4.69, 9.17) is 4.74 Å². The van der Waals surface area contributed by atoms with E-state index < -0.39 is 0 Å². The van der Waals surface area contributed by atoms with Crippen molar-refractivity contribution in [2.45, 2.75) is 25.8 Å². The SMILES string of the molecule is C=CC(C(=O)OC)N1CCC(CNC(C)=O)CC1. The number of carbonyl (C=O) groups is 2. The zero-order valence-corrected chi connectivity index (χ0v) is 11.1. The van der Waals surface area contributed by atoms with Gasteiger partial charge in [0.05, 0.1) is 7.11 Å². The Labute approximate surface area is 108 Å². The lowest BCUT2D eigenvalue weighted by molar-refractivity contribution is -0.145. The molecule has 1 atom stereocenters. The highest BCUT2D eigenvalue weighted by atomic mass is 16.5. The van der Waals surface area contributed by atoms with Gasteiger partial charge in [0.25, 0.3) is 0 Å². The molecule has 1 N–H and O–H groups in total. The second kappa shape index (κ2) is 7.16. The van der Waals surface area contributed by atoms with Crippen LogP contribution in [0.1, 0.15) is 19.8 Å². The van der Waals surface area contributed by atoms with Crippen LogP contribution in [0.3, 0.4) is 0 Å². The molecule has 1 aliphatic heterocycles. The molecule has 102 valence electrons. The summed E-state index contributed by atoms with van der Waals surface area (Å²) in [6.45, 7) is 7.59. The number of carbonyl (C=O) groups excluding carboxylic acids is 2. The summed E-state index contributed by atoms with van der Waals surface area (Å²) in [5.41, 5.74) is 0. The Balaban J connectivity index is 2.40. The molecule has 1 amide bonds. The van der Waals surface area contributed by atoms with Crippen LogP contribution in [0.4, 0.5) is 0 Å². The molecule has 0 aromatic carbocycles. The summed E-state index contributed by atoms with van der Waals surface area (Å²) < 4.78 is 4.75. The average Bonchev–Trinajstić information content (AvgIpc) is 2.38. The Morgan fingerprint density at radius 3 is 2.56 bits per heavy atom. The molecule has 0 bridgehead atoms. The van der Waals surface area contributed by atoms with E-state index in [9.17, 15) is 9.59 Å². The Bertz CT molecular complexity index is 309. The highest BCUT2D eigenvalue weighted by Gasteiger charge is 2.28. The summed E-state index contributed by atoms with van der Waals surface area (Å²) >= 11 is 0. The molecule has 0 radical (unpaired) electrons. The molecule has 1 rings (SSSR count). The van der Waals surface area contributed by atoms with Gasteiger partial charge in [0.15, 0.2) is 0 Å². The van der Waals surface area contributed by atoms with Crippen molar-refractivity contribution < 1.29 is 14.3 Å². The third-order valence-corrected chi connectivity index (χ3v) is 3.35. The van der Waals surface area contributed by atoms with Gasteiger partial charge in [-0.25, -0.2) is 0 Å². The molecular weight excluding hydrogens is 232 g/mol. The first-order valence-electron chi connectivity index (χ1n) is 6.27. The molecular formula is C13H22N2O3. The van der Waals surface area contributed by atoms with Gasteiger partial charge in [0.2, 0.25) is 5.91 Å². The molecule has 5 nitrogen and oxygen atoms in total. The molecule has 0 aromatic rings. The fourth-order valence-corrected chi connectivity index (χ4v) is 2.24. The van der Waals surface area contributed by atoms with Crippen LogP contribution in [0.2, 0.25) is 0 Å². The maximum atomic E-state index is 11.5. The van der Waals surface area contributed by atoms with E-state index in [0.717, 1.165) is 32.5 Å². The second-order valence-electron chi connectivity index (χ2n) is 4.62. The van der Waals surface area contributed by atoms with E-state index in [1.807, 2.05) is 0 Å². The number of ether oxygens (including phenoxy) is 1. The van der Waals surface area contributed by atoms with Crippen molar-refractivity contribution in [3.63, 3.8) is 0 Å². The first-order chi connectivity index (χ1) is 8.58. The lowest BCUT2D eigenvalue weighted by Gasteiger charge is -2.34. The number of esters is 1. The summed E-state index contributed by atoms with van der Waals surface area (Å²) in [7, 11) is 1.39. The Morgan fingerprint density at radius 2 is 2.11 bits per heavy atom. The predicted molar refractivity (Wildman–Crippen MR) is 69.0 cm³/mol. The molecule has 1 saturated heterocycles. The van der Waals surface area contributed by atoms with Crippen molar-refractivity contribution in [2.75, 3.05) is 26.7 Å². The molecule has 1 fully saturated rings. The van der Waals surface area contributed by atoms with Crippen LogP contribution in [0.25, 0.3) is 0 Å². The minimum atomic E-state index is -0.350. The van der Waals surface area contributed by atoms with E-state index in [0.29, 0.717) is 5.92 Å². The van der Waals surface area contributed by atoms with Gasteiger partial charge in [-0.2, -0.15) is 0 Å². The first kappa shape index (κ1) is 14.7. The molecule has 0 aromatic heterocycles. The number of hydrogen-bond donors (Lipinski definition) is 1. The highest BCUT2D eigenvalue weighted by Crippen LogP contribution is 2.19. The summed E-state index contributed by atoms with van der Waals surface area (Å²) in [5.74, 6) is 0.245. The van der Waals surface area contributed by atoms with Crippen LogP contribution in [-0.4, -0.2) is 49.6 Å². The number of methoxy groups -OCH3 is 1. The highest BCUT2D eigenvalue weighted by molar-refractivity contribution is 5.77. The number of rotatable bonds is 5. The summed E-state index contributed by atoms with van der Waals surface area (Å²) in [4.78, 5) is 24.5. The maximum absolute atomic E-state index is 11.5. The molecule has 18 heavy (non-hydrogen) atoms. The first-order valence-corrected chi connectivity index (χ1v) is 6.27. The van der Waals surface area contributed by atoms with E-state index in [-0.39, 0.29) is 17.9 Å². The third kappa shape index (κ3) is 4.14. The van der Waals surface area contributed by atoms with Gasteiger partial charge < -0.3 is 10.1 Å². The maximum Gasteiger partial charge on any atom is 0.327 e. The predicted octanol–water partition coefficient (Wildman–Crippen LogP) is 0.562. The number of hydrogen-bond acceptors (Lipinski definition) is 4. The molecule has 1 aliphatic rings. The van der Waals surface area contributed by atoms with E-state index in [1.165, 1.54) is 14.0 Å². The molecule has 1 heterocycles. The minimum absolute atomic E-state index is 0.0101. The van der Waals surface area contributed by atoms with Crippen molar-refractivity contribution in [3.05, 3.63) is 12.7 Å². The largest absolute Gasteiger partial charge is 0.468 e. The quantitative estimate of drug-likeness (QED) is 0.575. The van der Waals surface area contributed by atoms with Crippen LogP contribution in [0.5, 0.6) is 0 Å². The molecule has 5 heteroatoms. The van der Waals surface area contributed by atoms with Crippen molar-refractivity contribution in [3.8, 4) is 0 Å². The molecule has 0 aliphatic carbocycles. The normalized spacial score (nSPS) is 19.0. The van der Waals surface area contributed by atoms with Crippen LogP contribution in [0.15, 0.2) is 12.7 Å². The Kier molecular flexibility index (Phi) is 5.85. The van der Waals surface area contributed by atoms with Crippen molar-refractivity contribution in [2.24, 2.45) is 5.92 Å². The lowest BCUT2D eigenvalue weighted by Crippen LogP contribution is -2.46. The van der Waals surface area contributed by atoms with Gasteiger partial charge in [0.1, 0.15) is 6.04 Å². The summed E-state index contributed by atoms with van der Waals surface area (Å²) in [5, 5.41) is 2.84. The monoisotopic (exact) mass is 254 g/mol. The van der Waals surface area contributed by atoms with Crippen LogP contribution in [-0.2, 0) is 14.3 Å². The van der Waals surface area contributed by atoms with Crippen LogP contribution in [0, 0.1) is 5.92 Å². The van der Waals surface area contributed by atoms with Gasteiger partial charge in [-0.3, -0.25) is 14.5 Å². The van der Waals surface area contributed by atoms with E-state index in [1.54, 1.807) is 6.08 Å². The molecule has 0 saturated carbocycles. The summed E-state index contributed by atoms with van der Waals surface area (Å²) in [6.07, 6.45) is 3.57. The van der Waals surface area contributed by atoms with Crippen molar-refractivity contribution in [1.29, 1.82) is 0 Å². The second-order valence-corrected chi connectivity index (χ2v) is 4.62. The third-order valence-electron chi connectivity index (χ3n) is 3.35. The molecule has 0 spiro atoms. The number of amides is 1. The number of nitrogens with one attached hydrogen (secondary N) is 1. The number of nitrogens with zero attached hydrogens (tertiary/aromatic N) is 1. The van der Waals surface area contributed by atoms with Crippen LogP contribution >= 0.6 is 0 Å². The fraction of sp³-hybridized carbons (Fsp3) is 0.692. The zero-order chi connectivity index (χ0) is 13.5. The summed E-state index contributed by atoms with van der Waals surface area (Å²) in [6, 6.07) is -0.350. The van der Waals surface area contributed by atoms with E-state index >= 15 is 0 Å². The Hall–Kier alpha value is -1.36. The van der Waals surface area contributed by atoms with E-state index in [2.05, 4.69) is 16.8 Å². The zero-order valence-electron chi connectivity index (χ0n) is 11.1. The van der Waals surface area contributed by atoms with Crippen molar-refractivity contribution >= 4 is 11.9 Å². The molecule has 1 unspecified atom stereocenters. The van der Waals surface area contributed by atoms with Gasteiger partial charge >= 0.3 is 5.97 Å². The lowest BCUT2D eigenvalue weighted by atomic mass is 9.95. The number of likely N-dealkylation sites (tertiary alicyclic amines) is 1. The van der Waals surface area contributed by atoms with Gasteiger partial charge in [-0.1, -0.05) is 6.08 Å². The average molecular weight is 254 g/mol. The smallest absolute Gasteiger partial charge is 0.327 e. The van der Waals surface area contributed by atoms with Gasteiger partial charge in [-0.15, -0.1) is 6.58 Å². The standard InChI is InChI=1S/C13H22N2O3/c1-4-12(13(17)18-3)15-7-5-11(6-8-15)9-14-10(2)16/h4,11-12H,1,5-9H2,2-3H3,(H,14,16). The van der Waals surface area contributed by atoms with Crippen molar-refractivity contribution in [1.82, 2.24) is 10.2 Å². The van der Waals surface area contributed by atoms with Crippen LogP contribution < -0.4 is 5.32 Å². The van der Waals surface area contributed by atoms with Gasteiger partial charge in [-0.05, 0) is 31.8 Å². The number of piperidine rings is 1. The fourth-order valence-electron chi connectivity index (χ4n) is 2.24. The minimum Gasteiger partial charge on any atom is -0.468 e. The van der Waals surface area contributed by atoms with Gasteiger partial charge in [0, 0.05) is 13.5 Å². The topological polar surface area (TPSA) is 58.6 Å². The Morgan fingerprint density at radius 1 is 1.50 bits per heavy atom.